The summed E-state index contributed by atoms with van der Waals surface area (Å²) in [7, 11) is -3.39. The molecule has 0 unspecified atom stereocenters. The van der Waals surface area contributed by atoms with Crippen LogP contribution >= 0.6 is 0 Å². The van der Waals surface area contributed by atoms with Crippen molar-refractivity contribution < 1.29 is 27.2 Å². The first kappa shape index (κ1) is 18.9. The van der Waals surface area contributed by atoms with Gasteiger partial charge in [0.25, 0.3) is 0 Å². The number of aryl methyl sites for hydroxylation is 2. The van der Waals surface area contributed by atoms with Gasteiger partial charge in [0.05, 0.1) is 23.1 Å². The monoisotopic (exact) mass is 364 g/mol. The molecule has 2 rings (SSSR count). The minimum atomic E-state index is -4.66. The minimum absolute atomic E-state index is 0.268. The summed E-state index contributed by atoms with van der Waals surface area (Å²) < 4.78 is 41.1. The summed E-state index contributed by atoms with van der Waals surface area (Å²) in [5, 5.41) is 0. The van der Waals surface area contributed by atoms with Crippen LogP contribution in [0.15, 0.2) is 23.2 Å². The van der Waals surface area contributed by atoms with Gasteiger partial charge in [-0.05, 0) is 44.4 Å². The predicted octanol–water partition coefficient (Wildman–Crippen LogP) is 1.28. The highest BCUT2D eigenvalue weighted by Gasteiger charge is 2.27. The van der Waals surface area contributed by atoms with Gasteiger partial charge in [0, 0.05) is 11.6 Å². The first-order valence-corrected chi connectivity index (χ1v) is 8.87. The molecule has 2 aromatic rings. The van der Waals surface area contributed by atoms with Crippen LogP contribution in [0.4, 0.5) is 0 Å². The SMILES string of the molecule is COC(=O)c1cc[n+](N)c(-c2c(C)cc(C)c(S(=O)(=O)[O-])c2C)c1C. The normalized spacial score (nSPS) is 11.4. The number of aromatic nitrogens is 1. The van der Waals surface area contributed by atoms with Gasteiger partial charge in [0.15, 0.2) is 0 Å². The van der Waals surface area contributed by atoms with E-state index in [0.29, 0.717) is 33.5 Å². The molecule has 1 aromatic heterocycles. The number of carbonyl (C=O) groups is 1. The zero-order chi connectivity index (χ0) is 19.1. The van der Waals surface area contributed by atoms with E-state index in [0.717, 1.165) is 5.56 Å². The number of rotatable bonds is 3. The third kappa shape index (κ3) is 3.22. The van der Waals surface area contributed by atoms with Crippen molar-refractivity contribution in [3.63, 3.8) is 0 Å². The predicted molar refractivity (Wildman–Crippen MR) is 90.5 cm³/mol. The van der Waals surface area contributed by atoms with Gasteiger partial charge in [-0.2, -0.15) is 0 Å². The van der Waals surface area contributed by atoms with Crippen molar-refractivity contribution in [2.24, 2.45) is 0 Å². The van der Waals surface area contributed by atoms with Crippen LogP contribution < -0.4 is 10.5 Å². The van der Waals surface area contributed by atoms with Crippen molar-refractivity contribution in [3.8, 4) is 11.3 Å². The highest BCUT2D eigenvalue weighted by atomic mass is 32.2. The molecule has 0 radical (unpaired) electrons. The summed E-state index contributed by atoms with van der Waals surface area (Å²) in [4.78, 5) is 11.7. The molecule has 0 saturated heterocycles. The summed E-state index contributed by atoms with van der Waals surface area (Å²) in [6.07, 6.45) is 1.48. The highest BCUT2D eigenvalue weighted by Crippen LogP contribution is 2.34. The Balaban J connectivity index is 2.96. The molecule has 0 spiro atoms. The summed E-state index contributed by atoms with van der Waals surface area (Å²) in [6, 6.07) is 3.14. The van der Waals surface area contributed by atoms with E-state index in [1.165, 1.54) is 24.0 Å². The van der Waals surface area contributed by atoms with E-state index in [1.54, 1.807) is 33.8 Å². The number of ether oxygens (including phenoxy) is 1. The van der Waals surface area contributed by atoms with E-state index in [9.17, 15) is 17.8 Å². The zero-order valence-electron chi connectivity index (χ0n) is 14.7. The molecular weight excluding hydrogens is 344 g/mol. The molecule has 0 amide bonds. The largest absolute Gasteiger partial charge is 0.744 e. The number of nitrogens with two attached hydrogens (primary N) is 1. The number of esters is 1. The van der Waals surface area contributed by atoms with Crippen molar-refractivity contribution in [3.05, 3.63) is 46.1 Å². The molecular formula is C17H20N2O5S. The molecule has 134 valence electrons. The summed E-state index contributed by atoms with van der Waals surface area (Å²) >= 11 is 0. The fourth-order valence-electron chi connectivity index (χ4n) is 3.24. The van der Waals surface area contributed by atoms with Crippen molar-refractivity contribution in [1.29, 1.82) is 0 Å². The van der Waals surface area contributed by atoms with Crippen molar-refractivity contribution in [1.82, 2.24) is 0 Å². The Morgan fingerprint density at radius 1 is 1.16 bits per heavy atom. The van der Waals surface area contributed by atoms with Crippen molar-refractivity contribution >= 4 is 16.1 Å². The molecule has 0 saturated carbocycles. The lowest BCUT2D eigenvalue weighted by Gasteiger charge is -2.19. The lowest BCUT2D eigenvalue weighted by molar-refractivity contribution is -0.627. The minimum Gasteiger partial charge on any atom is -0.744 e. The number of hydrogen-bond donors (Lipinski definition) is 1. The average molecular weight is 364 g/mol. The maximum Gasteiger partial charge on any atom is 0.338 e. The van der Waals surface area contributed by atoms with E-state index in [2.05, 4.69) is 0 Å². The molecule has 1 aromatic carbocycles. The van der Waals surface area contributed by atoms with E-state index in [-0.39, 0.29) is 4.90 Å². The Kier molecular flexibility index (Phi) is 4.87. The first-order chi connectivity index (χ1) is 11.5. The molecule has 0 aliphatic rings. The van der Waals surface area contributed by atoms with Crippen molar-refractivity contribution in [2.75, 3.05) is 13.0 Å². The van der Waals surface area contributed by atoms with Gasteiger partial charge in [-0.3, -0.25) is 0 Å². The lowest BCUT2D eigenvalue weighted by Crippen LogP contribution is -2.47. The number of methoxy groups -OCH3 is 1. The van der Waals surface area contributed by atoms with Crippen LogP contribution in [-0.2, 0) is 14.9 Å². The number of nitrogens with zero attached hydrogens (tertiary/aromatic N) is 1. The molecule has 0 atom stereocenters. The molecule has 2 N–H and O–H groups in total. The summed E-state index contributed by atoms with van der Waals surface area (Å²) in [5.41, 5.74) is 3.21. The molecule has 0 aliphatic heterocycles. The van der Waals surface area contributed by atoms with Crippen LogP contribution in [-0.4, -0.2) is 26.0 Å². The fourth-order valence-corrected chi connectivity index (χ4v) is 4.17. The molecule has 0 aliphatic carbocycles. The second-order valence-electron chi connectivity index (χ2n) is 5.90. The standard InChI is InChI=1S/C17H20N2O5S/c1-9-8-10(2)16(25(21,22)23)12(4)14(9)15-11(3)13(17(20)24-5)6-7-19(15)18/h6-8H,1-5H3,(H2-,18,20,21,22,23). The van der Waals surface area contributed by atoms with Crippen LogP contribution in [0.3, 0.4) is 0 Å². The third-order valence-electron chi connectivity index (χ3n) is 4.21. The Labute approximate surface area is 146 Å². The Hall–Kier alpha value is -2.45. The molecule has 0 fully saturated rings. The van der Waals surface area contributed by atoms with Crippen molar-refractivity contribution in [2.45, 2.75) is 32.6 Å². The number of pyridine rings is 1. The van der Waals surface area contributed by atoms with Crippen LogP contribution in [0.1, 0.15) is 32.6 Å². The molecule has 7 nitrogen and oxygen atoms in total. The number of nitrogen functional groups attached to an aromatic ring is 1. The van der Waals surface area contributed by atoms with Gasteiger partial charge < -0.3 is 9.29 Å². The fraction of sp³-hybridized carbons (Fsp3) is 0.294. The lowest BCUT2D eigenvalue weighted by atomic mass is 9.93. The van der Waals surface area contributed by atoms with Gasteiger partial charge in [0.1, 0.15) is 10.1 Å². The molecule has 25 heavy (non-hydrogen) atoms. The quantitative estimate of drug-likeness (QED) is 0.380. The number of hydrogen-bond acceptors (Lipinski definition) is 6. The number of benzene rings is 1. The van der Waals surface area contributed by atoms with E-state index >= 15 is 0 Å². The molecule has 0 bridgehead atoms. The topological polar surface area (TPSA) is 113 Å². The van der Waals surface area contributed by atoms with Crippen LogP contribution in [0, 0.1) is 27.7 Å². The average Bonchev–Trinajstić information content (AvgIpc) is 2.47. The van der Waals surface area contributed by atoms with Gasteiger partial charge >= 0.3 is 5.97 Å². The van der Waals surface area contributed by atoms with Gasteiger partial charge in [-0.25, -0.2) is 19.1 Å². The van der Waals surface area contributed by atoms with Gasteiger partial charge in [-0.1, -0.05) is 10.7 Å². The summed E-state index contributed by atoms with van der Waals surface area (Å²) in [6.45, 7) is 6.61. The third-order valence-corrected chi connectivity index (χ3v) is 5.34. The second-order valence-corrected chi connectivity index (χ2v) is 7.21. The van der Waals surface area contributed by atoms with E-state index in [1.807, 2.05) is 0 Å². The van der Waals surface area contributed by atoms with Gasteiger partial charge in [-0.15, -0.1) is 0 Å². The Morgan fingerprint density at radius 3 is 2.28 bits per heavy atom. The maximum absolute atomic E-state index is 12.0. The van der Waals surface area contributed by atoms with Crippen LogP contribution in [0.5, 0.6) is 0 Å². The second kappa shape index (κ2) is 6.45. The van der Waals surface area contributed by atoms with E-state index < -0.39 is 16.1 Å². The highest BCUT2D eigenvalue weighted by molar-refractivity contribution is 7.85. The first-order valence-electron chi connectivity index (χ1n) is 7.46. The Bertz CT molecular complexity index is 981. The molecule has 8 heteroatoms. The maximum atomic E-state index is 12.0. The molecule has 1 heterocycles. The van der Waals surface area contributed by atoms with E-state index in [4.69, 9.17) is 10.6 Å². The smallest absolute Gasteiger partial charge is 0.338 e. The zero-order valence-corrected chi connectivity index (χ0v) is 15.5. The van der Waals surface area contributed by atoms with Crippen LogP contribution in [0.25, 0.3) is 11.3 Å². The Morgan fingerprint density at radius 2 is 1.76 bits per heavy atom. The van der Waals surface area contributed by atoms with Gasteiger partial charge in [0.2, 0.25) is 11.9 Å². The number of carbonyl (C=O) groups excluding carboxylic acids is 1. The summed E-state index contributed by atoms with van der Waals surface area (Å²) in [5.74, 6) is 5.51. The van der Waals surface area contributed by atoms with Crippen LogP contribution in [0.2, 0.25) is 0 Å².